The summed E-state index contributed by atoms with van der Waals surface area (Å²) in [5.74, 6) is 0.538. The zero-order valence-electron chi connectivity index (χ0n) is 15.6. The Hall–Kier alpha value is -2.99. The SMILES string of the molecule is CN(C)c1ccc(CN2CCc3c(nc(-c4ccccn4)[nH]c3=O)C2)cc1. The zero-order chi connectivity index (χ0) is 18.8. The van der Waals surface area contributed by atoms with Crippen LogP contribution in [0.5, 0.6) is 0 Å². The fourth-order valence-electron chi connectivity index (χ4n) is 3.41. The Morgan fingerprint density at radius 1 is 1.15 bits per heavy atom. The lowest BCUT2D eigenvalue weighted by Gasteiger charge is -2.27. The van der Waals surface area contributed by atoms with Crippen molar-refractivity contribution in [3.63, 3.8) is 0 Å². The number of nitrogens with zero attached hydrogens (tertiary/aromatic N) is 4. The predicted molar refractivity (Wildman–Crippen MR) is 107 cm³/mol. The van der Waals surface area contributed by atoms with E-state index in [9.17, 15) is 4.79 Å². The molecule has 1 aliphatic rings. The van der Waals surface area contributed by atoms with Crippen molar-refractivity contribution in [1.82, 2.24) is 19.9 Å². The van der Waals surface area contributed by atoms with Gasteiger partial charge in [0.15, 0.2) is 5.82 Å². The number of anilines is 1. The molecule has 1 aromatic carbocycles. The molecule has 6 heteroatoms. The average molecular weight is 361 g/mol. The molecule has 0 fully saturated rings. The Bertz CT molecular complexity index is 980. The molecule has 6 nitrogen and oxygen atoms in total. The summed E-state index contributed by atoms with van der Waals surface area (Å²) in [5.41, 5.74) is 4.75. The van der Waals surface area contributed by atoms with Gasteiger partial charge in [-0.2, -0.15) is 0 Å². The van der Waals surface area contributed by atoms with Crippen molar-refractivity contribution in [2.24, 2.45) is 0 Å². The number of aromatic nitrogens is 3. The molecule has 0 amide bonds. The predicted octanol–water partition coefficient (Wildman–Crippen LogP) is 2.46. The molecule has 0 spiro atoms. The first-order chi connectivity index (χ1) is 13.1. The van der Waals surface area contributed by atoms with Crippen molar-refractivity contribution in [2.75, 3.05) is 25.5 Å². The third kappa shape index (κ3) is 3.75. The maximum absolute atomic E-state index is 12.5. The number of benzene rings is 1. The van der Waals surface area contributed by atoms with Crippen molar-refractivity contribution in [1.29, 1.82) is 0 Å². The molecule has 4 rings (SSSR count). The van der Waals surface area contributed by atoms with E-state index in [4.69, 9.17) is 4.98 Å². The summed E-state index contributed by atoms with van der Waals surface area (Å²) in [6, 6.07) is 14.2. The van der Waals surface area contributed by atoms with Crippen molar-refractivity contribution in [3.8, 4) is 11.5 Å². The van der Waals surface area contributed by atoms with Gasteiger partial charge < -0.3 is 9.88 Å². The molecular formula is C21H23N5O. The van der Waals surface area contributed by atoms with Crippen molar-refractivity contribution in [2.45, 2.75) is 19.5 Å². The summed E-state index contributed by atoms with van der Waals surface area (Å²) < 4.78 is 0. The Labute approximate surface area is 158 Å². The summed E-state index contributed by atoms with van der Waals surface area (Å²) in [6.45, 7) is 2.38. The molecule has 3 aromatic rings. The minimum atomic E-state index is -0.0457. The van der Waals surface area contributed by atoms with Crippen LogP contribution in [0.2, 0.25) is 0 Å². The fraction of sp³-hybridized carbons (Fsp3) is 0.286. The number of hydrogen-bond acceptors (Lipinski definition) is 5. The standard InChI is InChI=1S/C21H23N5O/c1-25(2)16-8-6-15(7-9-16)13-26-12-10-17-19(14-26)23-20(24-21(17)27)18-5-3-4-11-22-18/h3-9,11H,10,12-14H2,1-2H3,(H,23,24,27). The van der Waals surface area contributed by atoms with Crippen LogP contribution < -0.4 is 10.5 Å². The first-order valence-corrected chi connectivity index (χ1v) is 9.12. The number of aromatic amines is 1. The molecule has 3 heterocycles. The van der Waals surface area contributed by atoms with Crippen LogP contribution in [-0.4, -0.2) is 40.5 Å². The molecule has 0 radical (unpaired) electrons. The molecule has 0 unspecified atom stereocenters. The minimum Gasteiger partial charge on any atom is -0.378 e. The molecule has 27 heavy (non-hydrogen) atoms. The van der Waals surface area contributed by atoms with Gasteiger partial charge in [0.05, 0.1) is 5.69 Å². The Morgan fingerprint density at radius 3 is 2.67 bits per heavy atom. The largest absolute Gasteiger partial charge is 0.378 e. The van der Waals surface area contributed by atoms with Crippen LogP contribution in [0.15, 0.2) is 53.5 Å². The van der Waals surface area contributed by atoms with Gasteiger partial charge in [-0.1, -0.05) is 18.2 Å². The van der Waals surface area contributed by atoms with E-state index in [1.807, 2.05) is 32.3 Å². The van der Waals surface area contributed by atoms with Gasteiger partial charge in [0, 0.05) is 51.2 Å². The van der Waals surface area contributed by atoms with Crippen LogP contribution in [0.1, 0.15) is 16.8 Å². The molecule has 0 bridgehead atoms. The first kappa shape index (κ1) is 17.4. The summed E-state index contributed by atoms with van der Waals surface area (Å²) in [6.07, 6.45) is 2.43. The van der Waals surface area contributed by atoms with Gasteiger partial charge in [0.2, 0.25) is 0 Å². The number of rotatable bonds is 4. The van der Waals surface area contributed by atoms with E-state index < -0.39 is 0 Å². The topological polar surface area (TPSA) is 65.1 Å². The monoisotopic (exact) mass is 361 g/mol. The van der Waals surface area contributed by atoms with E-state index in [-0.39, 0.29) is 5.56 Å². The lowest BCUT2D eigenvalue weighted by atomic mass is 10.1. The average Bonchev–Trinajstić information content (AvgIpc) is 2.69. The van der Waals surface area contributed by atoms with Crippen LogP contribution in [-0.2, 0) is 19.5 Å². The number of H-pyrrole nitrogens is 1. The van der Waals surface area contributed by atoms with Crippen LogP contribution in [0.4, 0.5) is 5.69 Å². The number of nitrogens with one attached hydrogen (secondary N) is 1. The van der Waals surface area contributed by atoms with Crippen LogP contribution in [0, 0.1) is 0 Å². The van der Waals surface area contributed by atoms with E-state index in [0.29, 0.717) is 18.1 Å². The normalized spacial score (nSPS) is 14.0. The highest BCUT2D eigenvalue weighted by Crippen LogP contribution is 2.20. The smallest absolute Gasteiger partial charge is 0.254 e. The molecule has 138 valence electrons. The highest BCUT2D eigenvalue weighted by molar-refractivity contribution is 5.49. The van der Waals surface area contributed by atoms with Gasteiger partial charge >= 0.3 is 0 Å². The van der Waals surface area contributed by atoms with Gasteiger partial charge in [0.1, 0.15) is 5.69 Å². The minimum absolute atomic E-state index is 0.0457. The van der Waals surface area contributed by atoms with Gasteiger partial charge in [-0.3, -0.25) is 14.7 Å². The molecule has 1 aliphatic heterocycles. The molecule has 0 saturated carbocycles. The van der Waals surface area contributed by atoms with E-state index in [2.05, 4.69) is 44.0 Å². The Morgan fingerprint density at radius 2 is 1.96 bits per heavy atom. The summed E-state index contributed by atoms with van der Waals surface area (Å²) in [5, 5.41) is 0. The molecule has 0 aliphatic carbocycles. The van der Waals surface area contributed by atoms with E-state index in [1.165, 1.54) is 11.3 Å². The lowest BCUT2D eigenvalue weighted by molar-refractivity contribution is 0.240. The second-order valence-corrected chi connectivity index (χ2v) is 7.08. The van der Waals surface area contributed by atoms with Gasteiger partial charge in [0.25, 0.3) is 5.56 Å². The summed E-state index contributed by atoms with van der Waals surface area (Å²) in [7, 11) is 4.08. The van der Waals surface area contributed by atoms with Crippen molar-refractivity contribution >= 4 is 5.69 Å². The fourth-order valence-corrected chi connectivity index (χ4v) is 3.41. The van der Waals surface area contributed by atoms with Crippen molar-refractivity contribution in [3.05, 3.63) is 75.8 Å². The third-order valence-corrected chi connectivity index (χ3v) is 4.92. The number of pyridine rings is 1. The molecule has 2 aromatic heterocycles. The number of fused-ring (bicyclic) bond motifs is 1. The highest BCUT2D eigenvalue weighted by atomic mass is 16.1. The molecular weight excluding hydrogens is 338 g/mol. The van der Waals surface area contributed by atoms with E-state index in [0.717, 1.165) is 30.8 Å². The van der Waals surface area contributed by atoms with E-state index >= 15 is 0 Å². The lowest BCUT2D eigenvalue weighted by Crippen LogP contribution is -2.35. The molecule has 0 atom stereocenters. The summed E-state index contributed by atoms with van der Waals surface area (Å²) in [4.78, 5) is 28.8. The van der Waals surface area contributed by atoms with Gasteiger partial charge in [-0.15, -0.1) is 0 Å². The van der Waals surface area contributed by atoms with Crippen LogP contribution in [0.25, 0.3) is 11.5 Å². The Kier molecular flexibility index (Phi) is 4.73. The van der Waals surface area contributed by atoms with Crippen molar-refractivity contribution < 1.29 is 0 Å². The highest BCUT2D eigenvalue weighted by Gasteiger charge is 2.21. The quantitative estimate of drug-likeness (QED) is 0.773. The second kappa shape index (κ2) is 7.32. The maximum atomic E-state index is 12.5. The van der Waals surface area contributed by atoms with Gasteiger partial charge in [-0.25, -0.2) is 4.98 Å². The summed E-state index contributed by atoms with van der Waals surface area (Å²) >= 11 is 0. The first-order valence-electron chi connectivity index (χ1n) is 9.12. The number of hydrogen-bond donors (Lipinski definition) is 1. The maximum Gasteiger partial charge on any atom is 0.254 e. The Balaban J connectivity index is 1.55. The zero-order valence-corrected chi connectivity index (χ0v) is 15.6. The molecule has 0 saturated heterocycles. The van der Waals surface area contributed by atoms with Crippen LogP contribution >= 0.6 is 0 Å². The van der Waals surface area contributed by atoms with Crippen LogP contribution in [0.3, 0.4) is 0 Å². The molecule has 1 N–H and O–H groups in total. The second-order valence-electron chi connectivity index (χ2n) is 7.08. The third-order valence-electron chi connectivity index (χ3n) is 4.92. The van der Waals surface area contributed by atoms with E-state index in [1.54, 1.807) is 6.20 Å². The van der Waals surface area contributed by atoms with Gasteiger partial charge in [-0.05, 0) is 36.2 Å².